The summed E-state index contributed by atoms with van der Waals surface area (Å²) in [6.07, 6.45) is 3.23. The smallest absolute Gasteiger partial charge is 0.339 e. The molecule has 0 aliphatic carbocycles. The van der Waals surface area contributed by atoms with Gasteiger partial charge in [-0.3, -0.25) is 9.78 Å². The van der Waals surface area contributed by atoms with E-state index in [0.29, 0.717) is 47.9 Å². The molecule has 0 bridgehead atoms. The summed E-state index contributed by atoms with van der Waals surface area (Å²) in [6, 6.07) is 32.7. The highest BCUT2D eigenvalue weighted by Gasteiger charge is 2.42. The maximum Gasteiger partial charge on any atom is 0.339 e. The Bertz CT molecular complexity index is 2490. The van der Waals surface area contributed by atoms with Crippen molar-refractivity contribution >= 4 is 53.3 Å². The first-order valence-electron chi connectivity index (χ1n) is 16.7. The molecule has 0 spiro atoms. The molecule has 10 nitrogen and oxygen atoms in total. The number of sulfonamides is 1. The van der Waals surface area contributed by atoms with Crippen LogP contribution in [0.1, 0.15) is 11.1 Å². The number of fused-ring (bicyclic) bond motifs is 3. The lowest BCUT2D eigenvalue weighted by molar-refractivity contribution is -0.136. The molecule has 51 heavy (non-hydrogen) atoms. The summed E-state index contributed by atoms with van der Waals surface area (Å²) < 4.78 is 63.4. The third kappa shape index (κ3) is 6.19. The molecule has 0 unspecified atom stereocenters. The third-order valence-corrected chi connectivity index (χ3v) is 12.9. The van der Waals surface area contributed by atoms with Crippen molar-refractivity contribution < 1.29 is 25.8 Å². The van der Waals surface area contributed by atoms with E-state index in [2.05, 4.69) is 9.88 Å². The molecule has 6 aromatic rings. The normalized spacial score (nSPS) is 17.0. The number of anilines is 1. The fourth-order valence-corrected chi connectivity index (χ4v) is 10.0. The van der Waals surface area contributed by atoms with Crippen LogP contribution in [-0.2, 0) is 37.9 Å². The van der Waals surface area contributed by atoms with E-state index in [9.17, 15) is 21.6 Å². The van der Waals surface area contributed by atoms with Gasteiger partial charge in [0.2, 0.25) is 15.9 Å². The zero-order valence-electron chi connectivity index (χ0n) is 27.5. The molecule has 1 aromatic heterocycles. The van der Waals surface area contributed by atoms with Crippen LogP contribution in [0.25, 0.3) is 21.5 Å². The van der Waals surface area contributed by atoms with Gasteiger partial charge in [-0.25, -0.2) is 8.42 Å². The summed E-state index contributed by atoms with van der Waals surface area (Å²) in [5.74, 6) is -0.213. The number of benzene rings is 5. The first-order chi connectivity index (χ1) is 24.7. The fraction of sp³-hybridized carbons (Fsp3) is 0.179. The zero-order chi connectivity index (χ0) is 35.2. The molecule has 1 fully saturated rings. The summed E-state index contributed by atoms with van der Waals surface area (Å²) in [4.78, 5) is 22.5. The minimum absolute atomic E-state index is 0.00157. The highest BCUT2D eigenvalue weighted by molar-refractivity contribution is 7.89. The molecule has 0 saturated carbocycles. The molecule has 0 N–H and O–H groups in total. The van der Waals surface area contributed by atoms with Crippen molar-refractivity contribution in [3.05, 3.63) is 139 Å². The van der Waals surface area contributed by atoms with Crippen LogP contribution in [0.5, 0.6) is 5.75 Å². The average Bonchev–Trinajstić information content (AvgIpc) is 3.17. The Kier molecular flexibility index (Phi) is 8.45. The number of carbonyl (C=O) groups is 1. The minimum Gasteiger partial charge on any atom is -0.379 e. The number of amides is 1. The van der Waals surface area contributed by atoms with E-state index in [1.54, 1.807) is 71.8 Å². The molecule has 1 saturated heterocycles. The number of para-hydroxylation sites is 1. The first kappa shape index (κ1) is 32.9. The van der Waals surface area contributed by atoms with Crippen molar-refractivity contribution in [2.75, 3.05) is 31.1 Å². The number of rotatable bonds is 7. The largest absolute Gasteiger partial charge is 0.379 e. The molecule has 0 radical (unpaired) electrons. The molecule has 5 aromatic carbocycles. The number of aromatic nitrogens is 1. The van der Waals surface area contributed by atoms with Gasteiger partial charge < -0.3 is 14.0 Å². The van der Waals surface area contributed by atoms with Gasteiger partial charge >= 0.3 is 10.1 Å². The Morgan fingerprint density at radius 3 is 2.18 bits per heavy atom. The quantitative estimate of drug-likeness (QED) is 0.196. The highest BCUT2D eigenvalue weighted by Crippen LogP contribution is 2.35. The maximum atomic E-state index is 14.7. The summed E-state index contributed by atoms with van der Waals surface area (Å²) in [6.45, 7) is 2.01. The van der Waals surface area contributed by atoms with Gasteiger partial charge in [0, 0.05) is 67.0 Å². The lowest BCUT2D eigenvalue weighted by Crippen LogP contribution is -2.57. The van der Waals surface area contributed by atoms with E-state index >= 15 is 0 Å². The first-order valence-corrected chi connectivity index (χ1v) is 19.5. The number of piperazine rings is 1. The van der Waals surface area contributed by atoms with Crippen molar-refractivity contribution in [2.45, 2.75) is 28.8 Å². The molecule has 3 heterocycles. The molecule has 8 rings (SSSR count). The molecule has 2 aliphatic heterocycles. The monoisotopic (exact) mass is 718 g/mol. The minimum atomic E-state index is -4.26. The Morgan fingerprint density at radius 2 is 1.37 bits per heavy atom. The summed E-state index contributed by atoms with van der Waals surface area (Å²) in [5, 5.41) is 2.45. The van der Waals surface area contributed by atoms with E-state index in [0.717, 1.165) is 16.6 Å². The van der Waals surface area contributed by atoms with Crippen LogP contribution < -0.4 is 9.08 Å². The van der Waals surface area contributed by atoms with E-state index in [1.807, 2.05) is 48.5 Å². The number of carbonyl (C=O) groups excluding carboxylic acids is 1. The Morgan fingerprint density at radius 1 is 0.686 bits per heavy atom. The van der Waals surface area contributed by atoms with Gasteiger partial charge in [0.25, 0.3) is 0 Å². The lowest BCUT2D eigenvalue weighted by Gasteiger charge is -2.41. The molecule has 1 atom stereocenters. The number of hydrogen-bond donors (Lipinski definition) is 0. The summed E-state index contributed by atoms with van der Waals surface area (Å²) in [7, 11) is -8.49. The summed E-state index contributed by atoms with van der Waals surface area (Å²) in [5.41, 5.74) is 2.39. The fourth-order valence-electron chi connectivity index (χ4n) is 7.12. The van der Waals surface area contributed by atoms with Crippen LogP contribution in [-0.4, -0.2) is 69.2 Å². The highest BCUT2D eigenvalue weighted by atomic mass is 32.2. The number of pyridine rings is 1. The molecular weight excluding hydrogens is 685 g/mol. The Balaban J connectivity index is 1.13. The van der Waals surface area contributed by atoms with Gasteiger partial charge in [-0.2, -0.15) is 12.7 Å². The van der Waals surface area contributed by atoms with Crippen LogP contribution in [0.15, 0.2) is 137 Å². The molecule has 258 valence electrons. The predicted molar refractivity (Wildman–Crippen MR) is 195 cm³/mol. The van der Waals surface area contributed by atoms with E-state index in [4.69, 9.17) is 4.18 Å². The second kappa shape index (κ2) is 13.1. The Labute approximate surface area is 296 Å². The number of nitrogens with zero attached hydrogens (tertiary/aromatic N) is 4. The van der Waals surface area contributed by atoms with Crippen molar-refractivity contribution in [3.63, 3.8) is 0 Å². The van der Waals surface area contributed by atoms with Crippen molar-refractivity contribution in [2.24, 2.45) is 0 Å². The number of hydrogen-bond acceptors (Lipinski definition) is 8. The van der Waals surface area contributed by atoms with Crippen molar-refractivity contribution in [1.82, 2.24) is 14.2 Å². The average molecular weight is 719 g/mol. The van der Waals surface area contributed by atoms with Crippen LogP contribution in [0, 0.1) is 0 Å². The van der Waals surface area contributed by atoms with Crippen LogP contribution in [0.4, 0.5) is 5.69 Å². The second-order valence-corrected chi connectivity index (χ2v) is 16.1. The van der Waals surface area contributed by atoms with Crippen molar-refractivity contribution in [3.8, 4) is 5.75 Å². The topological polar surface area (TPSA) is 117 Å². The Hall–Kier alpha value is -5.30. The second-order valence-electron chi connectivity index (χ2n) is 12.7. The van der Waals surface area contributed by atoms with Gasteiger partial charge in [-0.1, -0.05) is 72.8 Å². The summed E-state index contributed by atoms with van der Waals surface area (Å²) >= 11 is 0. The van der Waals surface area contributed by atoms with Crippen LogP contribution >= 0.6 is 0 Å². The zero-order valence-corrected chi connectivity index (χ0v) is 29.1. The van der Waals surface area contributed by atoms with Gasteiger partial charge in [0.15, 0.2) is 0 Å². The molecular formula is C39H34N4O6S2. The van der Waals surface area contributed by atoms with E-state index in [-0.39, 0.29) is 34.4 Å². The predicted octanol–water partition coefficient (Wildman–Crippen LogP) is 5.62. The van der Waals surface area contributed by atoms with Crippen molar-refractivity contribution in [1.29, 1.82) is 0 Å². The standard InChI is InChI=1S/C39H34N4O6S2/c44-39(42-22-20-41(21-23-42)32-11-2-1-3-12-32)36-25-29-16-17-33(49-51(47,48)38-15-7-10-30-26-40-19-18-35(30)38)24-31(29)27-43(36)50(45,46)37-14-6-9-28-8-4-5-13-34(28)37/h1-19,24,26,36H,20-23,25,27H2/t36-/m0/s1. The van der Waals surface area contributed by atoms with Crippen LogP contribution in [0.3, 0.4) is 0 Å². The SMILES string of the molecule is O=C([C@@H]1Cc2ccc(OS(=O)(=O)c3cccc4cnccc34)cc2CN1S(=O)(=O)c1cccc2ccccc12)N1CCN(c2ccccc2)CC1. The van der Waals surface area contributed by atoms with E-state index < -0.39 is 26.2 Å². The molecule has 12 heteroatoms. The lowest BCUT2D eigenvalue weighted by atomic mass is 9.94. The van der Waals surface area contributed by atoms with Gasteiger partial charge in [-0.15, -0.1) is 0 Å². The van der Waals surface area contributed by atoms with E-state index in [1.165, 1.54) is 16.6 Å². The van der Waals surface area contributed by atoms with Crippen LogP contribution in [0.2, 0.25) is 0 Å². The van der Waals surface area contributed by atoms with Gasteiger partial charge in [0.1, 0.15) is 16.7 Å². The molecule has 1 amide bonds. The maximum absolute atomic E-state index is 14.7. The van der Waals surface area contributed by atoms with Gasteiger partial charge in [-0.05, 0) is 65.4 Å². The van der Waals surface area contributed by atoms with Gasteiger partial charge in [0.05, 0.1) is 4.90 Å². The molecule has 2 aliphatic rings. The third-order valence-electron chi connectivity index (χ3n) is 9.71.